The summed E-state index contributed by atoms with van der Waals surface area (Å²) in [5, 5.41) is 11.4. The van der Waals surface area contributed by atoms with Gasteiger partial charge in [-0.15, -0.1) is 5.10 Å². The van der Waals surface area contributed by atoms with Crippen molar-refractivity contribution in [2.24, 2.45) is 0 Å². The zero-order valence-corrected chi connectivity index (χ0v) is 13.2. The molecule has 1 N–H and O–H groups in total. The Hall–Kier alpha value is -1.91. The maximum absolute atomic E-state index is 12.5. The molecule has 1 aliphatic rings. The molecule has 22 heavy (non-hydrogen) atoms. The lowest BCUT2D eigenvalue weighted by Crippen LogP contribution is -2.35. The fraction of sp³-hybridized carbons (Fsp3) is 0.588. The van der Waals surface area contributed by atoms with Crippen molar-refractivity contribution < 1.29 is 4.79 Å². The fourth-order valence-electron chi connectivity index (χ4n) is 3.22. The third kappa shape index (κ3) is 3.29. The van der Waals surface area contributed by atoms with Gasteiger partial charge in [0.05, 0.1) is 5.52 Å². The molecule has 1 saturated carbocycles. The smallest absolute Gasteiger partial charge is 0.251 e. The van der Waals surface area contributed by atoms with E-state index in [4.69, 9.17) is 0 Å². The number of amides is 1. The molecule has 1 aromatic heterocycles. The first kappa shape index (κ1) is 15.0. The van der Waals surface area contributed by atoms with Gasteiger partial charge < -0.3 is 5.32 Å². The van der Waals surface area contributed by atoms with Gasteiger partial charge in [0.25, 0.3) is 5.91 Å². The second kappa shape index (κ2) is 6.90. The first-order valence-corrected chi connectivity index (χ1v) is 8.42. The summed E-state index contributed by atoms with van der Waals surface area (Å²) in [5.41, 5.74) is 2.44. The summed E-state index contributed by atoms with van der Waals surface area (Å²) >= 11 is 0. The summed E-state index contributed by atoms with van der Waals surface area (Å²) in [4.78, 5) is 12.5. The van der Waals surface area contributed by atoms with E-state index < -0.39 is 0 Å². The van der Waals surface area contributed by atoms with E-state index in [0.29, 0.717) is 11.6 Å². The van der Waals surface area contributed by atoms with Crippen molar-refractivity contribution >= 4 is 16.9 Å². The molecule has 5 heteroatoms. The number of aryl methyl sites for hydroxylation is 1. The second-order valence-electron chi connectivity index (χ2n) is 6.12. The van der Waals surface area contributed by atoms with Crippen LogP contribution in [-0.2, 0) is 6.54 Å². The molecule has 1 amide bonds. The van der Waals surface area contributed by atoms with Gasteiger partial charge >= 0.3 is 0 Å². The minimum Gasteiger partial charge on any atom is -0.349 e. The molecule has 0 saturated heterocycles. The van der Waals surface area contributed by atoms with Gasteiger partial charge in [-0.3, -0.25) is 4.79 Å². The van der Waals surface area contributed by atoms with Gasteiger partial charge in [0, 0.05) is 18.2 Å². The Labute approximate surface area is 131 Å². The molecule has 1 fully saturated rings. The third-order valence-corrected chi connectivity index (χ3v) is 4.52. The number of hydrogen-bond donors (Lipinski definition) is 1. The molecule has 1 aromatic carbocycles. The first-order valence-electron chi connectivity index (χ1n) is 8.42. The van der Waals surface area contributed by atoms with Crippen LogP contribution in [0.25, 0.3) is 11.0 Å². The number of nitrogens with zero attached hydrogens (tertiary/aromatic N) is 3. The molecule has 0 bridgehead atoms. The van der Waals surface area contributed by atoms with Crippen molar-refractivity contribution in [1.82, 2.24) is 20.3 Å². The number of carbonyl (C=O) groups excluding carboxylic acids is 1. The van der Waals surface area contributed by atoms with Crippen molar-refractivity contribution in [1.29, 1.82) is 0 Å². The zero-order valence-electron chi connectivity index (χ0n) is 13.2. The number of carbonyl (C=O) groups is 1. The standard InChI is InChI=1S/C17H24N4O/c1-2-21-16-11-10-13(12-15(16)19-20-21)17(22)18-14-8-6-4-3-5-7-9-14/h10-12,14H,2-9H2,1H3,(H,18,22). The summed E-state index contributed by atoms with van der Waals surface area (Å²) in [7, 11) is 0. The van der Waals surface area contributed by atoms with Crippen molar-refractivity contribution in [3.05, 3.63) is 23.8 Å². The van der Waals surface area contributed by atoms with Crippen LogP contribution in [0.15, 0.2) is 18.2 Å². The molecule has 1 aliphatic carbocycles. The van der Waals surface area contributed by atoms with Crippen molar-refractivity contribution in [2.45, 2.75) is 64.5 Å². The predicted octanol–water partition coefficient (Wildman–Crippen LogP) is 3.29. The molecule has 0 radical (unpaired) electrons. The first-order chi connectivity index (χ1) is 10.8. The van der Waals surface area contributed by atoms with Crippen LogP contribution in [0.2, 0.25) is 0 Å². The Kier molecular flexibility index (Phi) is 4.71. The summed E-state index contributed by atoms with van der Waals surface area (Å²) in [6, 6.07) is 5.96. The number of nitrogens with one attached hydrogen (secondary N) is 1. The number of benzene rings is 1. The molecule has 0 unspecified atom stereocenters. The molecular weight excluding hydrogens is 276 g/mol. The molecule has 2 aromatic rings. The van der Waals surface area contributed by atoms with Gasteiger partial charge in [0.15, 0.2) is 0 Å². The third-order valence-electron chi connectivity index (χ3n) is 4.52. The highest BCUT2D eigenvalue weighted by Gasteiger charge is 2.16. The van der Waals surface area contributed by atoms with Crippen LogP contribution in [0.4, 0.5) is 0 Å². The molecule has 0 atom stereocenters. The van der Waals surface area contributed by atoms with Crippen LogP contribution >= 0.6 is 0 Å². The monoisotopic (exact) mass is 300 g/mol. The summed E-state index contributed by atoms with van der Waals surface area (Å²) in [6.45, 7) is 2.81. The molecule has 5 nitrogen and oxygen atoms in total. The van der Waals surface area contributed by atoms with E-state index in [1.54, 1.807) is 0 Å². The largest absolute Gasteiger partial charge is 0.349 e. The lowest BCUT2D eigenvalue weighted by Gasteiger charge is -2.21. The van der Waals surface area contributed by atoms with Crippen LogP contribution in [0.1, 0.15) is 62.2 Å². The minimum absolute atomic E-state index is 0.0125. The summed E-state index contributed by atoms with van der Waals surface area (Å²) in [6.07, 6.45) is 8.55. The van der Waals surface area contributed by atoms with Gasteiger partial charge in [-0.2, -0.15) is 0 Å². The Morgan fingerprint density at radius 2 is 1.95 bits per heavy atom. The second-order valence-corrected chi connectivity index (χ2v) is 6.12. The van der Waals surface area contributed by atoms with Crippen LogP contribution in [-0.4, -0.2) is 26.9 Å². The molecule has 3 rings (SSSR count). The van der Waals surface area contributed by atoms with Gasteiger partial charge in [0.2, 0.25) is 0 Å². The average molecular weight is 300 g/mol. The lowest BCUT2D eigenvalue weighted by molar-refractivity contribution is 0.0930. The molecule has 1 heterocycles. The van der Waals surface area contributed by atoms with Crippen LogP contribution < -0.4 is 5.32 Å². The quantitative estimate of drug-likeness (QED) is 0.946. The van der Waals surface area contributed by atoms with Crippen molar-refractivity contribution in [3.63, 3.8) is 0 Å². The Balaban J connectivity index is 1.71. The van der Waals surface area contributed by atoms with E-state index in [2.05, 4.69) is 15.6 Å². The van der Waals surface area contributed by atoms with E-state index in [9.17, 15) is 4.79 Å². The summed E-state index contributed by atoms with van der Waals surface area (Å²) < 4.78 is 1.84. The Morgan fingerprint density at radius 3 is 2.68 bits per heavy atom. The number of rotatable bonds is 3. The van der Waals surface area contributed by atoms with E-state index in [-0.39, 0.29) is 5.91 Å². The highest BCUT2D eigenvalue weighted by atomic mass is 16.1. The minimum atomic E-state index is 0.0125. The van der Waals surface area contributed by atoms with E-state index >= 15 is 0 Å². The zero-order chi connectivity index (χ0) is 15.4. The molecule has 0 spiro atoms. The van der Waals surface area contributed by atoms with E-state index in [1.807, 2.05) is 29.8 Å². The fourth-order valence-corrected chi connectivity index (χ4v) is 3.22. The van der Waals surface area contributed by atoms with Crippen LogP contribution in [0.3, 0.4) is 0 Å². The van der Waals surface area contributed by atoms with Gasteiger partial charge in [-0.05, 0) is 38.0 Å². The number of hydrogen-bond acceptors (Lipinski definition) is 3. The topological polar surface area (TPSA) is 59.8 Å². The summed E-state index contributed by atoms with van der Waals surface area (Å²) in [5.74, 6) is 0.0125. The van der Waals surface area contributed by atoms with Crippen molar-refractivity contribution in [3.8, 4) is 0 Å². The Bertz CT molecular complexity index is 641. The molecule has 0 aliphatic heterocycles. The maximum atomic E-state index is 12.5. The molecule has 118 valence electrons. The van der Waals surface area contributed by atoms with E-state index in [1.165, 1.54) is 32.1 Å². The van der Waals surface area contributed by atoms with Crippen molar-refractivity contribution in [2.75, 3.05) is 0 Å². The SMILES string of the molecule is CCn1nnc2cc(C(=O)NC3CCCCCCC3)ccc21. The lowest BCUT2D eigenvalue weighted by atomic mass is 9.96. The normalized spacial score (nSPS) is 17.1. The van der Waals surface area contributed by atoms with Crippen LogP contribution in [0, 0.1) is 0 Å². The predicted molar refractivity (Wildman–Crippen MR) is 86.8 cm³/mol. The van der Waals surface area contributed by atoms with Gasteiger partial charge in [-0.1, -0.05) is 37.3 Å². The van der Waals surface area contributed by atoms with Gasteiger partial charge in [0.1, 0.15) is 5.52 Å². The molecular formula is C17H24N4O. The highest BCUT2D eigenvalue weighted by molar-refractivity contribution is 5.97. The number of aromatic nitrogens is 3. The van der Waals surface area contributed by atoms with E-state index in [0.717, 1.165) is 30.4 Å². The maximum Gasteiger partial charge on any atom is 0.251 e. The Morgan fingerprint density at radius 1 is 1.23 bits per heavy atom. The average Bonchev–Trinajstić information content (AvgIpc) is 2.91. The highest BCUT2D eigenvalue weighted by Crippen LogP contribution is 2.18. The van der Waals surface area contributed by atoms with Crippen LogP contribution in [0.5, 0.6) is 0 Å². The number of fused-ring (bicyclic) bond motifs is 1. The van der Waals surface area contributed by atoms with Gasteiger partial charge in [-0.25, -0.2) is 4.68 Å².